The Hall–Kier alpha value is -0.640. The largest absolute Gasteiger partial charge is 0.395 e. The first kappa shape index (κ1) is 11.8. The van der Waals surface area contributed by atoms with Crippen LogP contribution in [0.5, 0.6) is 0 Å². The Morgan fingerprint density at radius 1 is 1.38 bits per heavy atom. The summed E-state index contributed by atoms with van der Waals surface area (Å²) >= 11 is 1.93. The fourth-order valence-electron chi connectivity index (χ4n) is 2.17. The van der Waals surface area contributed by atoms with Gasteiger partial charge in [-0.1, -0.05) is 12.8 Å². The van der Waals surface area contributed by atoms with Crippen LogP contribution >= 0.6 is 11.8 Å². The predicted molar refractivity (Wildman–Crippen MR) is 69.9 cm³/mol. The van der Waals surface area contributed by atoms with E-state index in [1.165, 1.54) is 30.7 Å². The summed E-state index contributed by atoms with van der Waals surface area (Å²) in [6.45, 7) is 6.31. The first-order valence-electron chi connectivity index (χ1n) is 6.11. The molecule has 90 valence electrons. The van der Waals surface area contributed by atoms with Gasteiger partial charge in [-0.2, -0.15) is 5.10 Å². The number of nitrogens with zero attached hydrogens (tertiary/aromatic N) is 2. The summed E-state index contributed by atoms with van der Waals surface area (Å²) in [6, 6.07) is 0.389. The number of nitrogen functional groups attached to an aromatic ring is 1. The van der Waals surface area contributed by atoms with E-state index in [9.17, 15) is 0 Å². The standard InChI is InChI=1S/C12H21N3S/c1-8(2)15-12(11(13)9(3)14-15)16-10-6-4-5-7-10/h8,10H,4-7,13H2,1-3H3. The Morgan fingerprint density at radius 3 is 2.56 bits per heavy atom. The highest BCUT2D eigenvalue weighted by Gasteiger charge is 2.22. The van der Waals surface area contributed by atoms with Gasteiger partial charge in [0, 0.05) is 11.3 Å². The van der Waals surface area contributed by atoms with Crippen molar-refractivity contribution in [3.8, 4) is 0 Å². The number of nitrogens with two attached hydrogens (primary N) is 1. The van der Waals surface area contributed by atoms with Gasteiger partial charge in [-0.3, -0.25) is 4.68 Å². The van der Waals surface area contributed by atoms with E-state index in [2.05, 4.69) is 23.6 Å². The van der Waals surface area contributed by atoms with Crippen LogP contribution in [0.2, 0.25) is 0 Å². The van der Waals surface area contributed by atoms with E-state index in [1.54, 1.807) is 0 Å². The van der Waals surface area contributed by atoms with E-state index in [0.717, 1.165) is 16.6 Å². The van der Waals surface area contributed by atoms with E-state index in [1.807, 2.05) is 18.7 Å². The topological polar surface area (TPSA) is 43.8 Å². The molecule has 0 saturated heterocycles. The van der Waals surface area contributed by atoms with Crippen LogP contribution in [0.25, 0.3) is 0 Å². The molecule has 0 spiro atoms. The van der Waals surface area contributed by atoms with Crippen LogP contribution in [0.3, 0.4) is 0 Å². The minimum Gasteiger partial charge on any atom is -0.395 e. The van der Waals surface area contributed by atoms with E-state index < -0.39 is 0 Å². The maximum atomic E-state index is 6.12. The highest BCUT2D eigenvalue weighted by molar-refractivity contribution is 8.00. The van der Waals surface area contributed by atoms with Gasteiger partial charge in [-0.15, -0.1) is 11.8 Å². The molecule has 1 aliphatic carbocycles. The third-order valence-electron chi connectivity index (χ3n) is 3.16. The number of aromatic nitrogens is 2. The SMILES string of the molecule is Cc1nn(C(C)C)c(SC2CCCC2)c1N. The molecule has 4 heteroatoms. The molecule has 0 unspecified atom stereocenters. The lowest BCUT2D eigenvalue weighted by Crippen LogP contribution is -2.07. The summed E-state index contributed by atoms with van der Waals surface area (Å²) in [5.74, 6) is 0. The molecule has 0 radical (unpaired) electrons. The van der Waals surface area contributed by atoms with Crippen LogP contribution in [0.1, 0.15) is 51.3 Å². The van der Waals surface area contributed by atoms with Crippen molar-refractivity contribution >= 4 is 17.4 Å². The van der Waals surface area contributed by atoms with Crippen molar-refractivity contribution in [2.75, 3.05) is 5.73 Å². The predicted octanol–water partition coefficient (Wildman–Crippen LogP) is 3.39. The summed E-state index contributed by atoms with van der Waals surface area (Å²) < 4.78 is 2.08. The van der Waals surface area contributed by atoms with Gasteiger partial charge in [0.25, 0.3) is 0 Å². The second-order valence-corrected chi connectivity index (χ2v) is 6.16. The normalized spacial score (nSPS) is 17.5. The van der Waals surface area contributed by atoms with Gasteiger partial charge >= 0.3 is 0 Å². The van der Waals surface area contributed by atoms with Gasteiger partial charge in [0.1, 0.15) is 5.03 Å². The molecule has 1 aromatic rings. The molecule has 1 fully saturated rings. The molecule has 1 heterocycles. The van der Waals surface area contributed by atoms with Crippen LogP contribution in [0.4, 0.5) is 5.69 Å². The Balaban J connectivity index is 2.23. The maximum Gasteiger partial charge on any atom is 0.118 e. The van der Waals surface area contributed by atoms with Crippen molar-refractivity contribution in [2.45, 2.75) is 62.8 Å². The highest BCUT2D eigenvalue weighted by atomic mass is 32.2. The minimum absolute atomic E-state index is 0.389. The third kappa shape index (κ3) is 2.21. The van der Waals surface area contributed by atoms with Gasteiger partial charge < -0.3 is 5.73 Å². The van der Waals surface area contributed by atoms with Crippen LogP contribution in [0, 0.1) is 6.92 Å². The first-order valence-corrected chi connectivity index (χ1v) is 6.98. The van der Waals surface area contributed by atoms with Crippen LogP contribution in [-0.2, 0) is 0 Å². The Morgan fingerprint density at radius 2 is 2.00 bits per heavy atom. The smallest absolute Gasteiger partial charge is 0.118 e. The summed E-state index contributed by atoms with van der Waals surface area (Å²) in [6.07, 6.45) is 5.39. The van der Waals surface area contributed by atoms with E-state index in [4.69, 9.17) is 5.73 Å². The molecule has 0 amide bonds. The first-order chi connectivity index (χ1) is 7.59. The molecular weight excluding hydrogens is 218 g/mol. The van der Waals surface area contributed by atoms with Crippen molar-refractivity contribution in [3.63, 3.8) is 0 Å². The molecule has 16 heavy (non-hydrogen) atoms. The molecule has 1 aromatic heterocycles. The number of anilines is 1. The Labute approximate surface area is 102 Å². The van der Waals surface area contributed by atoms with Crippen molar-refractivity contribution in [2.24, 2.45) is 0 Å². The van der Waals surface area contributed by atoms with E-state index >= 15 is 0 Å². The number of hydrogen-bond donors (Lipinski definition) is 1. The molecule has 3 nitrogen and oxygen atoms in total. The molecular formula is C12H21N3S. The van der Waals surface area contributed by atoms with E-state index in [0.29, 0.717) is 6.04 Å². The highest BCUT2D eigenvalue weighted by Crippen LogP contribution is 2.39. The molecule has 1 aliphatic rings. The summed E-state index contributed by atoms with van der Waals surface area (Å²) in [5.41, 5.74) is 7.96. The zero-order valence-electron chi connectivity index (χ0n) is 10.4. The summed E-state index contributed by atoms with van der Waals surface area (Å²) in [5, 5.41) is 6.45. The fraction of sp³-hybridized carbons (Fsp3) is 0.750. The Bertz CT molecular complexity index is 365. The van der Waals surface area contributed by atoms with Gasteiger partial charge in [-0.05, 0) is 33.6 Å². The zero-order valence-corrected chi connectivity index (χ0v) is 11.2. The lowest BCUT2D eigenvalue weighted by Gasteiger charge is -2.14. The lowest BCUT2D eigenvalue weighted by atomic mass is 10.4. The van der Waals surface area contributed by atoms with Crippen molar-refractivity contribution < 1.29 is 0 Å². The summed E-state index contributed by atoms with van der Waals surface area (Å²) in [4.78, 5) is 0. The number of thioether (sulfide) groups is 1. The van der Waals surface area contributed by atoms with Gasteiger partial charge in [-0.25, -0.2) is 0 Å². The molecule has 0 bridgehead atoms. The monoisotopic (exact) mass is 239 g/mol. The Kier molecular flexibility index (Phi) is 3.47. The van der Waals surface area contributed by atoms with Crippen molar-refractivity contribution in [1.82, 2.24) is 9.78 Å². The molecule has 0 atom stereocenters. The molecule has 1 saturated carbocycles. The number of rotatable bonds is 3. The number of hydrogen-bond acceptors (Lipinski definition) is 3. The molecule has 2 N–H and O–H groups in total. The average Bonchev–Trinajstić information content (AvgIpc) is 2.81. The fourth-order valence-corrected chi connectivity index (χ4v) is 3.69. The third-order valence-corrected chi connectivity index (χ3v) is 4.59. The van der Waals surface area contributed by atoms with Crippen molar-refractivity contribution in [1.29, 1.82) is 0 Å². The zero-order chi connectivity index (χ0) is 11.7. The minimum atomic E-state index is 0.389. The van der Waals surface area contributed by atoms with Gasteiger partial charge in [0.15, 0.2) is 0 Å². The second kappa shape index (κ2) is 4.70. The molecule has 2 rings (SSSR count). The maximum absolute atomic E-state index is 6.12. The van der Waals surface area contributed by atoms with E-state index in [-0.39, 0.29) is 0 Å². The lowest BCUT2D eigenvalue weighted by molar-refractivity contribution is 0.490. The molecule has 0 aliphatic heterocycles. The van der Waals surface area contributed by atoms with Crippen molar-refractivity contribution in [3.05, 3.63) is 5.69 Å². The van der Waals surface area contributed by atoms with Gasteiger partial charge in [0.05, 0.1) is 11.4 Å². The van der Waals surface area contributed by atoms with Crippen LogP contribution in [0.15, 0.2) is 5.03 Å². The summed E-state index contributed by atoms with van der Waals surface area (Å²) in [7, 11) is 0. The molecule has 0 aromatic carbocycles. The average molecular weight is 239 g/mol. The van der Waals surface area contributed by atoms with Crippen LogP contribution < -0.4 is 5.73 Å². The second-order valence-electron chi connectivity index (χ2n) is 4.87. The van der Waals surface area contributed by atoms with Gasteiger partial charge in [0.2, 0.25) is 0 Å². The van der Waals surface area contributed by atoms with Crippen LogP contribution in [-0.4, -0.2) is 15.0 Å². The quantitative estimate of drug-likeness (QED) is 0.879. The number of aryl methyl sites for hydroxylation is 1.